The van der Waals surface area contributed by atoms with Crippen LogP contribution in [0.25, 0.3) is 22.2 Å². The van der Waals surface area contributed by atoms with E-state index < -0.39 is 73.5 Å². The molecule has 0 bridgehead atoms. The van der Waals surface area contributed by atoms with Gasteiger partial charge in [-0.2, -0.15) is 18.2 Å². The van der Waals surface area contributed by atoms with Gasteiger partial charge in [0, 0.05) is 49.2 Å². The third kappa shape index (κ3) is 6.88. The molecular weight excluding hydrogens is 633 g/mol. The van der Waals surface area contributed by atoms with E-state index in [9.17, 15) is 30.8 Å². The summed E-state index contributed by atoms with van der Waals surface area (Å²) in [5.41, 5.74) is -4.52. The molecule has 0 amide bonds. The number of aryl methyl sites for hydroxylation is 1. The SMILES string of the molecule is CCn1c(=O)c(-c2cc(F)c(NS(=O)(=O)Cc3ccc(C(F)(F)F)cc3)c(F)c2F)cc2cnc(N[C@@H]3CNC[C@@H](F)C3)nc21. The average molecular weight is 659 g/mol. The molecule has 2 aromatic heterocycles. The lowest BCUT2D eigenvalue weighted by Crippen LogP contribution is -2.44. The molecule has 0 radical (unpaired) electrons. The van der Waals surface area contributed by atoms with E-state index >= 15 is 13.2 Å². The van der Waals surface area contributed by atoms with E-state index in [4.69, 9.17) is 0 Å². The van der Waals surface area contributed by atoms with Gasteiger partial charge in [0.2, 0.25) is 16.0 Å². The number of hydrogen-bond acceptors (Lipinski definition) is 7. The molecule has 0 unspecified atom stereocenters. The molecule has 240 valence electrons. The molecule has 3 heterocycles. The van der Waals surface area contributed by atoms with Gasteiger partial charge in [0.15, 0.2) is 17.5 Å². The Bertz CT molecular complexity index is 1920. The third-order valence-electron chi connectivity index (χ3n) is 7.12. The quantitative estimate of drug-likeness (QED) is 0.181. The van der Waals surface area contributed by atoms with Gasteiger partial charge in [0.25, 0.3) is 5.56 Å². The normalized spacial score (nSPS) is 17.4. The largest absolute Gasteiger partial charge is 0.416 e. The Morgan fingerprint density at radius 2 is 1.76 bits per heavy atom. The molecule has 1 saturated heterocycles. The second-order valence-corrected chi connectivity index (χ2v) is 12.1. The zero-order valence-electron chi connectivity index (χ0n) is 23.4. The Labute approximate surface area is 251 Å². The fourth-order valence-corrected chi connectivity index (χ4v) is 6.18. The Kier molecular flexibility index (Phi) is 8.77. The lowest BCUT2D eigenvalue weighted by molar-refractivity contribution is -0.137. The van der Waals surface area contributed by atoms with Gasteiger partial charge < -0.3 is 10.6 Å². The lowest BCUT2D eigenvalue weighted by Gasteiger charge is -2.26. The molecule has 0 saturated carbocycles. The first-order chi connectivity index (χ1) is 21.2. The molecule has 5 rings (SSSR count). The predicted octanol–water partition coefficient (Wildman–Crippen LogP) is 4.97. The van der Waals surface area contributed by atoms with Gasteiger partial charge in [-0.05, 0) is 36.8 Å². The van der Waals surface area contributed by atoms with Crippen molar-refractivity contribution in [3.8, 4) is 11.1 Å². The zero-order chi connectivity index (χ0) is 32.7. The Hall–Kier alpha value is -4.25. The summed E-state index contributed by atoms with van der Waals surface area (Å²) < 4.78 is 126. The van der Waals surface area contributed by atoms with E-state index in [2.05, 4.69) is 20.6 Å². The molecule has 9 nitrogen and oxygen atoms in total. The number of aromatic nitrogens is 3. The number of piperidine rings is 1. The summed E-state index contributed by atoms with van der Waals surface area (Å²) in [5.74, 6) is -6.08. The van der Waals surface area contributed by atoms with Crippen LogP contribution in [-0.2, 0) is 28.5 Å². The van der Waals surface area contributed by atoms with Crippen LogP contribution in [0, 0.1) is 17.5 Å². The fourth-order valence-electron chi connectivity index (χ4n) is 4.98. The Balaban J connectivity index is 1.45. The van der Waals surface area contributed by atoms with E-state index in [0.717, 1.165) is 22.8 Å². The standard InChI is InChI=1S/C28H25F7N6O3S/c1-2-41-25-15(10-37-27(39-25)38-18-8-17(29)11-36-12-18)7-20(26(41)42)19-9-21(30)24(23(32)22(19)31)40-45(43,44)13-14-3-5-16(6-4-14)28(33,34)35/h3-7,9-10,17-18,36,40H,2,8,11-13H2,1H3,(H,37,38,39)/t17-,18-/m0/s1. The molecule has 1 fully saturated rings. The van der Waals surface area contributed by atoms with Gasteiger partial charge in [0.05, 0.1) is 16.9 Å². The first-order valence-electron chi connectivity index (χ1n) is 13.5. The first kappa shape index (κ1) is 32.2. The van der Waals surface area contributed by atoms with Crippen molar-refractivity contribution in [3.63, 3.8) is 0 Å². The summed E-state index contributed by atoms with van der Waals surface area (Å²) in [7, 11) is -4.63. The molecule has 0 aliphatic carbocycles. The highest BCUT2D eigenvalue weighted by molar-refractivity contribution is 7.91. The summed E-state index contributed by atoms with van der Waals surface area (Å²) >= 11 is 0. The van der Waals surface area contributed by atoms with Crippen LogP contribution >= 0.6 is 0 Å². The summed E-state index contributed by atoms with van der Waals surface area (Å²) in [6, 6.07) is 4.32. The van der Waals surface area contributed by atoms with Crippen molar-refractivity contribution < 1.29 is 39.2 Å². The van der Waals surface area contributed by atoms with Crippen molar-refractivity contribution in [2.24, 2.45) is 0 Å². The number of sulfonamides is 1. The van der Waals surface area contributed by atoms with E-state index in [1.165, 1.54) is 6.20 Å². The van der Waals surface area contributed by atoms with E-state index in [1.54, 1.807) is 11.6 Å². The van der Waals surface area contributed by atoms with Crippen LogP contribution in [-0.4, -0.2) is 48.3 Å². The number of halogens is 7. The van der Waals surface area contributed by atoms with Crippen LogP contribution in [0.4, 0.5) is 42.4 Å². The van der Waals surface area contributed by atoms with Crippen LogP contribution in [0.15, 0.2) is 47.4 Å². The summed E-state index contributed by atoms with van der Waals surface area (Å²) in [6.07, 6.45) is -4.21. The molecule has 1 aliphatic heterocycles. The summed E-state index contributed by atoms with van der Waals surface area (Å²) in [4.78, 5) is 21.9. The van der Waals surface area contributed by atoms with Crippen molar-refractivity contribution in [1.29, 1.82) is 0 Å². The second-order valence-electron chi connectivity index (χ2n) is 10.4. The van der Waals surface area contributed by atoms with Crippen molar-refractivity contribution in [2.75, 3.05) is 23.1 Å². The van der Waals surface area contributed by atoms with E-state index in [0.29, 0.717) is 24.7 Å². The number of pyridine rings is 1. The number of benzene rings is 2. The monoisotopic (exact) mass is 658 g/mol. The second kappa shape index (κ2) is 12.3. The van der Waals surface area contributed by atoms with Crippen LogP contribution in [0.3, 0.4) is 0 Å². The topological polar surface area (TPSA) is 118 Å². The molecule has 45 heavy (non-hydrogen) atoms. The van der Waals surface area contributed by atoms with Gasteiger partial charge in [0.1, 0.15) is 17.5 Å². The molecule has 2 aromatic carbocycles. The first-order valence-corrected chi connectivity index (χ1v) is 15.2. The molecule has 0 spiro atoms. The molecule has 17 heteroatoms. The van der Waals surface area contributed by atoms with Gasteiger partial charge in [-0.15, -0.1) is 0 Å². The molecule has 3 N–H and O–H groups in total. The van der Waals surface area contributed by atoms with Gasteiger partial charge in [-0.3, -0.25) is 14.1 Å². The molecule has 4 aromatic rings. The number of nitrogens with zero attached hydrogens (tertiary/aromatic N) is 3. The number of rotatable bonds is 8. The van der Waals surface area contributed by atoms with E-state index in [1.807, 2.05) is 0 Å². The minimum absolute atomic E-state index is 0.0194. The van der Waals surface area contributed by atoms with Crippen molar-refractivity contribution in [3.05, 3.63) is 81.5 Å². The van der Waals surface area contributed by atoms with Crippen LogP contribution < -0.4 is 20.9 Å². The minimum atomic E-state index is -4.66. The van der Waals surface area contributed by atoms with Crippen molar-refractivity contribution in [1.82, 2.24) is 19.9 Å². The lowest BCUT2D eigenvalue weighted by atomic mass is 10.0. The predicted molar refractivity (Wildman–Crippen MR) is 152 cm³/mol. The highest BCUT2D eigenvalue weighted by atomic mass is 32.2. The average Bonchev–Trinajstić information content (AvgIpc) is 2.97. The minimum Gasteiger partial charge on any atom is -0.350 e. The number of nitrogens with one attached hydrogen (secondary N) is 3. The third-order valence-corrected chi connectivity index (χ3v) is 8.35. The molecule has 2 atom stereocenters. The van der Waals surface area contributed by atoms with Gasteiger partial charge in [-0.25, -0.2) is 31.0 Å². The number of fused-ring (bicyclic) bond motifs is 1. The Morgan fingerprint density at radius 3 is 2.40 bits per heavy atom. The number of hydrogen-bond donors (Lipinski definition) is 3. The van der Waals surface area contributed by atoms with Crippen LogP contribution in [0.1, 0.15) is 24.5 Å². The number of alkyl halides is 4. The van der Waals surface area contributed by atoms with Crippen molar-refractivity contribution in [2.45, 2.75) is 44.0 Å². The maximum absolute atomic E-state index is 15.3. The number of anilines is 2. The van der Waals surface area contributed by atoms with Gasteiger partial charge in [-0.1, -0.05) is 12.1 Å². The maximum Gasteiger partial charge on any atom is 0.416 e. The smallest absolute Gasteiger partial charge is 0.350 e. The van der Waals surface area contributed by atoms with Crippen LogP contribution in [0.2, 0.25) is 0 Å². The summed E-state index contributed by atoms with van der Waals surface area (Å²) in [6.45, 7) is 2.29. The zero-order valence-corrected chi connectivity index (χ0v) is 24.2. The van der Waals surface area contributed by atoms with Gasteiger partial charge >= 0.3 is 6.18 Å². The molecule has 1 aliphatic rings. The Morgan fingerprint density at radius 1 is 1.04 bits per heavy atom. The van der Waals surface area contributed by atoms with E-state index in [-0.39, 0.29) is 48.1 Å². The fraction of sp³-hybridized carbons (Fsp3) is 0.321. The summed E-state index contributed by atoms with van der Waals surface area (Å²) in [5, 5.41) is 6.13. The van der Waals surface area contributed by atoms with Crippen molar-refractivity contribution >= 4 is 32.7 Å². The maximum atomic E-state index is 15.3. The van der Waals surface area contributed by atoms with Crippen LogP contribution in [0.5, 0.6) is 0 Å². The highest BCUT2D eigenvalue weighted by Gasteiger charge is 2.31. The highest BCUT2D eigenvalue weighted by Crippen LogP contribution is 2.33. The molecular formula is C28H25F7N6O3S.